The van der Waals surface area contributed by atoms with Crippen molar-refractivity contribution >= 4 is 17.5 Å². The summed E-state index contributed by atoms with van der Waals surface area (Å²) in [6, 6.07) is 9.98. The number of carbonyl (C=O) groups is 2. The highest BCUT2D eigenvalue weighted by molar-refractivity contribution is 5.97. The van der Waals surface area contributed by atoms with Gasteiger partial charge in [-0.25, -0.2) is 0 Å². The van der Waals surface area contributed by atoms with E-state index in [1.807, 2.05) is 30.3 Å². The number of nitrogens with one attached hydrogen (secondary N) is 1. The molecule has 0 saturated carbocycles. The monoisotopic (exact) mass is 324 g/mol. The summed E-state index contributed by atoms with van der Waals surface area (Å²) >= 11 is 0. The standard InChI is InChI=1S/C18H20N4O2/c1-2-8-21-12-15(9-17(21)23)18(24)20-16-10-19-22(13-16)11-14-6-4-3-5-7-14/h2-7,10,13,15H,1,8-9,11-12H2,(H,20,24). The van der Waals surface area contributed by atoms with Gasteiger partial charge in [0.1, 0.15) is 0 Å². The van der Waals surface area contributed by atoms with E-state index in [-0.39, 0.29) is 24.2 Å². The third-order valence-electron chi connectivity index (χ3n) is 4.02. The molecule has 1 unspecified atom stereocenters. The molecule has 1 N–H and O–H groups in total. The van der Waals surface area contributed by atoms with Crippen molar-refractivity contribution < 1.29 is 9.59 Å². The Kier molecular flexibility index (Phi) is 4.74. The van der Waals surface area contributed by atoms with Crippen LogP contribution in [0, 0.1) is 5.92 Å². The van der Waals surface area contributed by atoms with E-state index in [0.29, 0.717) is 25.3 Å². The summed E-state index contributed by atoms with van der Waals surface area (Å²) in [6.45, 7) is 5.20. The summed E-state index contributed by atoms with van der Waals surface area (Å²) in [6.07, 6.45) is 5.34. The fourth-order valence-corrected chi connectivity index (χ4v) is 2.81. The van der Waals surface area contributed by atoms with Gasteiger partial charge >= 0.3 is 0 Å². The van der Waals surface area contributed by atoms with Gasteiger partial charge in [0, 0.05) is 25.7 Å². The fraction of sp³-hybridized carbons (Fsp3) is 0.278. The average molecular weight is 324 g/mol. The van der Waals surface area contributed by atoms with Crippen LogP contribution in [0.15, 0.2) is 55.4 Å². The number of benzene rings is 1. The number of hydrogen-bond acceptors (Lipinski definition) is 3. The van der Waals surface area contributed by atoms with Crippen LogP contribution in [0.2, 0.25) is 0 Å². The van der Waals surface area contributed by atoms with Crippen LogP contribution in [-0.4, -0.2) is 39.6 Å². The number of aromatic nitrogens is 2. The maximum atomic E-state index is 12.3. The van der Waals surface area contributed by atoms with Gasteiger partial charge in [0.2, 0.25) is 11.8 Å². The van der Waals surface area contributed by atoms with Crippen molar-refractivity contribution in [3.05, 3.63) is 60.9 Å². The summed E-state index contributed by atoms with van der Waals surface area (Å²) in [4.78, 5) is 25.8. The largest absolute Gasteiger partial charge is 0.338 e. The molecule has 0 aliphatic carbocycles. The molecule has 1 aliphatic rings. The summed E-state index contributed by atoms with van der Waals surface area (Å²) in [5, 5.41) is 7.11. The molecule has 2 amide bonds. The lowest BCUT2D eigenvalue weighted by Crippen LogP contribution is -2.28. The normalized spacial score (nSPS) is 17.1. The van der Waals surface area contributed by atoms with Crippen molar-refractivity contribution in [2.24, 2.45) is 5.92 Å². The molecule has 3 rings (SSSR count). The minimum atomic E-state index is -0.324. The van der Waals surface area contributed by atoms with Crippen molar-refractivity contribution in [3.8, 4) is 0 Å². The quantitative estimate of drug-likeness (QED) is 0.825. The number of amides is 2. The minimum absolute atomic E-state index is 0.00479. The van der Waals surface area contributed by atoms with Gasteiger partial charge in [-0.3, -0.25) is 14.3 Å². The first-order valence-electron chi connectivity index (χ1n) is 7.91. The SMILES string of the molecule is C=CCN1CC(C(=O)Nc2cnn(Cc3ccccc3)c2)CC1=O. The summed E-state index contributed by atoms with van der Waals surface area (Å²) in [5.74, 6) is -0.473. The van der Waals surface area contributed by atoms with Crippen molar-refractivity contribution in [2.45, 2.75) is 13.0 Å². The van der Waals surface area contributed by atoms with Crippen molar-refractivity contribution in [2.75, 3.05) is 18.4 Å². The number of anilines is 1. The van der Waals surface area contributed by atoms with Crippen LogP contribution < -0.4 is 5.32 Å². The zero-order valence-corrected chi connectivity index (χ0v) is 13.4. The smallest absolute Gasteiger partial charge is 0.229 e. The van der Waals surface area contributed by atoms with E-state index in [2.05, 4.69) is 17.0 Å². The number of carbonyl (C=O) groups excluding carboxylic acids is 2. The lowest BCUT2D eigenvalue weighted by Gasteiger charge is -2.13. The van der Waals surface area contributed by atoms with E-state index in [1.54, 1.807) is 28.1 Å². The van der Waals surface area contributed by atoms with Gasteiger partial charge in [-0.1, -0.05) is 36.4 Å². The maximum Gasteiger partial charge on any atom is 0.229 e. The second-order valence-corrected chi connectivity index (χ2v) is 5.89. The van der Waals surface area contributed by atoms with E-state index in [0.717, 1.165) is 5.56 Å². The van der Waals surface area contributed by atoms with Crippen molar-refractivity contribution in [1.82, 2.24) is 14.7 Å². The first-order chi connectivity index (χ1) is 11.7. The van der Waals surface area contributed by atoms with Crippen LogP contribution in [0.4, 0.5) is 5.69 Å². The number of nitrogens with zero attached hydrogens (tertiary/aromatic N) is 3. The molecule has 1 atom stereocenters. The molecular formula is C18H20N4O2. The molecule has 2 heterocycles. The molecule has 1 aromatic heterocycles. The number of rotatable bonds is 6. The van der Waals surface area contributed by atoms with Crippen LogP contribution >= 0.6 is 0 Å². The summed E-state index contributed by atoms with van der Waals surface area (Å²) in [7, 11) is 0. The second-order valence-electron chi connectivity index (χ2n) is 5.89. The number of hydrogen-bond donors (Lipinski definition) is 1. The molecule has 24 heavy (non-hydrogen) atoms. The highest BCUT2D eigenvalue weighted by atomic mass is 16.2. The highest BCUT2D eigenvalue weighted by Crippen LogP contribution is 2.19. The Hall–Kier alpha value is -2.89. The number of likely N-dealkylation sites (tertiary alicyclic amines) is 1. The van der Waals surface area contributed by atoms with Gasteiger partial charge in [0.05, 0.1) is 24.3 Å². The minimum Gasteiger partial charge on any atom is -0.338 e. The Balaban J connectivity index is 1.58. The molecule has 6 heteroatoms. The second kappa shape index (κ2) is 7.12. The molecule has 6 nitrogen and oxygen atoms in total. The van der Waals surface area contributed by atoms with Gasteiger partial charge in [-0.15, -0.1) is 6.58 Å². The Bertz CT molecular complexity index is 738. The zero-order valence-electron chi connectivity index (χ0n) is 13.4. The molecule has 1 saturated heterocycles. The molecule has 0 spiro atoms. The molecule has 124 valence electrons. The fourth-order valence-electron chi connectivity index (χ4n) is 2.81. The lowest BCUT2D eigenvalue weighted by atomic mass is 10.1. The van der Waals surface area contributed by atoms with Crippen molar-refractivity contribution in [1.29, 1.82) is 0 Å². The predicted octanol–water partition coefficient (Wildman–Crippen LogP) is 1.90. The summed E-state index contributed by atoms with van der Waals surface area (Å²) < 4.78 is 1.77. The van der Waals surface area contributed by atoms with Gasteiger partial charge in [-0.05, 0) is 5.56 Å². The Morgan fingerprint density at radius 1 is 1.38 bits per heavy atom. The Morgan fingerprint density at radius 3 is 2.92 bits per heavy atom. The van der Waals surface area contributed by atoms with Gasteiger partial charge in [-0.2, -0.15) is 5.10 Å². The third-order valence-corrected chi connectivity index (χ3v) is 4.02. The van der Waals surface area contributed by atoms with Gasteiger partial charge < -0.3 is 10.2 Å². The third kappa shape index (κ3) is 3.71. The maximum absolute atomic E-state index is 12.3. The van der Waals surface area contributed by atoms with E-state index in [1.165, 1.54) is 0 Å². The van der Waals surface area contributed by atoms with Crippen LogP contribution in [-0.2, 0) is 16.1 Å². The van der Waals surface area contributed by atoms with E-state index < -0.39 is 0 Å². The summed E-state index contributed by atoms with van der Waals surface area (Å²) in [5.41, 5.74) is 1.78. The molecular weight excluding hydrogens is 304 g/mol. The molecule has 2 aromatic rings. The Morgan fingerprint density at radius 2 is 2.17 bits per heavy atom. The first-order valence-corrected chi connectivity index (χ1v) is 7.91. The molecule has 1 aliphatic heterocycles. The first kappa shape index (κ1) is 16.0. The average Bonchev–Trinajstić information content (AvgIpc) is 3.16. The highest BCUT2D eigenvalue weighted by Gasteiger charge is 2.33. The van der Waals surface area contributed by atoms with E-state index in [9.17, 15) is 9.59 Å². The molecule has 1 aromatic carbocycles. The van der Waals surface area contributed by atoms with Crippen LogP contribution in [0.3, 0.4) is 0 Å². The lowest BCUT2D eigenvalue weighted by molar-refractivity contribution is -0.127. The van der Waals surface area contributed by atoms with E-state index in [4.69, 9.17) is 0 Å². The van der Waals surface area contributed by atoms with Crippen LogP contribution in [0.5, 0.6) is 0 Å². The van der Waals surface area contributed by atoms with E-state index >= 15 is 0 Å². The van der Waals surface area contributed by atoms with Gasteiger partial charge in [0.15, 0.2) is 0 Å². The van der Waals surface area contributed by atoms with Crippen LogP contribution in [0.25, 0.3) is 0 Å². The zero-order chi connectivity index (χ0) is 16.9. The predicted molar refractivity (Wildman–Crippen MR) is 91.3 cm³/mol. The molecule has 1 fully saturated rings. The van der Waals surface area contributed by atoms with Gasteiger partial charge in [0.25, 0.3) is 0 Å². The molecule has 0 radical (unpaired) electrons. The van der Waals surface area contributed by atoms with Crippen LogP contribution in [0.1, 0.15) is 12.0 Å². The topological polar surface area (TPSA) is 67.2 Å². The molecule has 0 bridgehead atoms. The Labute approximate surface area is 140 Å². The van der Waals surface area contributed by atoms with Crippen molar-refractivity contribution in [3.63, 3.8) is 0 Å².